The summed E-state index contributed by atoms with van der Waals surface area (Å²) in [6, 6.07) is 21.1. The number of ketones is 1. The number of allylic oxidation sites excluding steroid dienone is 1. The molecule has 2 aromatic carbocycles. The molecule has 0 saturated heterocycles. The summed E-state index contributed by atoms with van der Waals surface area (Å²) in [5, 5.41) is 13.0. The van der Waals surface area contributed by atoms with Crippen LogP contribution in [-0.4, -0.2) is 10.9 Å². The van der Waals surface area contributed by atoms with Gasteiger partial charge in [-0.15, -0.1) is 22.7 Å². The van der Waals surface area contributed by atoms with Gasteiger partial charge in [-0.2, -0.15) is 0 Å². The lowest BCUT2D eigenvalue weighted by Crippen LogP contribution is -2.09. The van der Waals surface area contributed by atoms with Gasteiger partial charge in [-0.05, 0) is 35.2 Å². The monoisotopic (exact) mass is 416 g/mol. The molecule has 3 heterocycles. The van der Waals surface area contributed by atoms with Gasteiger partial charge in [0.25, 0.3) is 0 Å². The third-order valence-corrected chi connectivity index (χ3v) is 6.90. The Hall–Kier alpha value is -2.99. The number of carbonyl (C=O) groups is 1. The minimum absolute atomic E-state index is 0.0415. The van der Waals surface area contributed by atoms with Gasteiger partial charge >= 0.3 is 0 Å². The quantitative estimate of drug-likeness (QED) is 0.303. The van der Waals surface area contributed by atoms with Crippen molar-refractivity contribution in [1.82, 2.24) is 0 Å². The second kappa shape index (κ2) is 7.44. The highest BCUT2D eigenvalue weighted by Crippen LogP contribution is 2.53. The second-order valence-corrected chi connectivity index (χ2v) is 8.62. The predicted molar refractivity (Wildman–Crippen MR) is 118 cm³/mol. The summed E-state index contributed by atoms with van der Waals surface area (Å²) in [5.74, 6) is 1.22. The number of hydrogen-bond donors (Lipinski definition) is 1. The molecular weight excluding hydrogens is 400 g/mol. The van der Waals surface area contributed by atoms with Crippen LogP contribution in [0, 0.1) is 0 Å². The first-order chi connectivity index (χ1) is 14.2. The zero-order chi connectivity index (χ0) is 19.8. The highest BCUT2D eigenvalue weighted by atomic mass is 32.1. The number of aliphatic hydroxyl groups excluding tert-OH is 1. The van der Waals surface area contributed by atoms with Crippen LogP contribution in [-0.2, 0) is 0 Å². The van der Waals surface area contributed by atoms with Crippen molar-refractivity contribution in [3.05, 3.63) is 99.1 Å². The maximum atomic E-state index is 12.4. The highest BCUT2D eigenvalue weighted by Gasteiger charge is 2.32. The first-order valence-electron chi connectivity index (χ1n) is 9.15. The third-order valence-electron chi connectivity index (χ3n) is 4.81. The average Bonchev–Trinajstić information content (AvgIpc) is 3.42. The van der Waals surface area contributed by atoms with Gasteiger partial charge in [-0.1, -0.05) is 54.6 Å². The van der Waals surface area contributed by atoms with Crippen molar-refractivity contribution in [1.29, 1.82) is 0 Å². The molecule has 5 heteroatoms. The summed E-state index contributed by atoms with van der Waals surface area (Å²) in [6.45, 7) is 0. The van der Waals surface area contributed by atoms with Crippen LogP contribution in [0.25, 0.3) is 16.5 Å². The molecular formula is C24H16O3S2. The Morgan fingerprint density at radius 1 is 1.00 bits per heavy atom. The topological polar surface area (TPSA) is 46.5 Å². The number of aliphatic hydroxyl groups is 1. The molecule has 0 aliphatic carbocycles. The fourth-order valence-electron chi connectivity index (χ4n) is 3.43. The van der Waals surface area contributed by atoms with Gasteiger partial charge in [0, 0.05) is 16.0 Å². The normalized spacial score (nSPS) is 15.0. The van der Waals surface area contributed by atoms with Gasteiger partial charge in [0.15, 0.2) is 11.5 Å². The Bertz CT molecular complexity index is 1200. The number of carbonyl (C=O) groups excluding carboxylic acids is 1. The molecule has 0 saturated carbocycles. The molecule has 1 atom stereocenters. The van der Waals surface area contributed by atoms with Crippen LogP contribution in [0.1, 0.15) is 31.8 Å². The van der Waals surface area contributed by atoms with Gasteiger partial charge in [-0.3, -0.25) is 4.79 Å². The van der Waals surface area contributed by atoms with Crippen molar-refractivity contribution >= 4 is 34.5 Å². The van der Waals surface area contributed by atoms with Gasteiger partial charge in [-0.25, -0.2) is 0 Å². The first kappa shape index (κ1) is 18.1. The average molecular weight is 417 g/mol. The maximum absolute atomic E-state index is 12.4. The molecule has 0 bridgehead atoms. The molecule has 0 fully saturated rings. The SMILES string of the molecule is O=C(/C=C/c1sc(-c2ccccc2)c2c1Oc1ccccc1C2O)c1cccs1. The van der Waals surface area contributed by atoms with Crippen LogP contribution in [0.3, 0.4) is 0 Å². The molecule has 1 aliphatic rings. The summed E-state index contributed by atoms with van der Waals surface area (Å²) in [5.41, 5.74) is 2.52. The van der Waals surface area contributed by atoms with Crippen LogP contribution in [0.4, 0.5) is 0 Å². The van der Waals surface area contributed by atoms with Gasteiger partial charge < -0.3 is 9.84 Å². The van der Waals surface area contributed by atoms with Crippen molar-refractivity contribution < 1.29 is 14.6 Å². The molecule has 1 unspecified atom stereocenters. The van der Waals surface area contributed by atoms with Crippen molar-refractivity contribution in [2.75, 3.05) is 0 Å². The standard InChI is InChI=1S/C24H16O3S2/c25-17(19-11-6-14-28-19)12-13-20-23-21(24(29-20)15-7-2-1-3-8-15)22(26)16-9-4-5-10-18(16)27-23/h1-14,22,26H/b13-12+. The molecule has 0 spiro atoms. The van der Waals surface area contributed by atoms with E-state index in [0.717, 1.165) is 26.4 Å². The molecule has 0 amide bonds. The molecule has 2 aromatic heterocycles. The van der Waals surface area contributed by atoms with Crippen molar-refractivity contribution in [2.45, 2.75) is 6.10 Å². The molecule has 0 radical (unpaired) electrons. The van der Waals surface area contributed by atoms with E-state index >= 15 is 0 Å². The molecule has 1 N–H and O–H groups in total. The van der Waals surface area contributed by atoms with E-state index < -0.39 is 6.10 Å². The summed E-state index contributed by atoms with van der Waals surface area (Å²) >= 11 is 2.94. The Balaban J connectivity index is 1.63. The number of fused-ring (bicyclic) bond motifs is 2. The van der Waals surface area contributed by atoms with E-state index in [1.54, 1.807) is 12.2 Å². The molecule has 5 rings (SSSR count). The maximum Gasteiger partial charge on any atom is 0.195 e. The van der Waals surface area contributed by atoms with E-state index in [0.29, 0.717) is 16.4 Å². The fraction of sp³-hybridized carbons (Fsp3) is 0.0417. The highest BCUT2D eigenvalue weighted by molar-refractivity contribution is 7.17. The molecule has 1 aliphatic heterocycles. The minimum atomic E-state index is -0.781. The van der Waals surface area contributed by atoms with E-state index in [2.05, 4.69) is 0 Å². The van der Waals surface area contributed by atoms with Crippen LogP contribution in [0.2, 0.25) is 0 Å². The number of hydrogen-bond acceptors (Lipinski definition) is 5. The van der Waals surface area contributed by atoms with Gasteiger partial charge in [0.1, 0.15) is 11.9 Å². The molecule has 3 nitrogen and oxygen atoms in total. The molecule has 142 valence electrons. The Morgan fingerprint density at radius 3 is 2.59 bits per heavy atom. The van der Waals surface area contributed by atoms with Crippen LogP contribution in [0.5, 0.6) is 11.5 Å². The third kappa shape index (κ3) is 3.23. The van der Waals surface area contributed by atoms with Crippen LogP contribution >= 0.6 is 22.7 Å². The fourth-order valence-corrected chi connectivity index (χ4v) is 5.25. The first-order valence-corrected chi connectivity index (χ1v) is 10.8. The number of thiophene rings is 2. The lowest BCUT2D eigenvalue weighted by Gasteiger charge is -2.23. The van der Waals surface area contributed by atoms with Gasteiger partial charge in [0.05, 0.1) is 9.75 Å². The predicted octanol–water partition coefficient (Wildman–Crippen LogP) is 6.56. The van der Waals surface area contributed by atoms with Crippen molar-refractivity contribution in [3.63, 3.8) is 0 Å². The summed E-state index contributed by atoms with van der Waals surface area (Å²) in [6.07, 6.45) is 2.58. The van der Waals surface area contributed by atoms with E-state index in [4.69, 9.17) is 4.74 Å². The Labute approximate surface area is 176 Å². The number of benzene rings is 2. The minimum Gasteiger partial charge on any atom is -0.455 e. The molecule has 29 heavy (non-hydrogen) atoms. The zero-order valence-corrected chi connectivity index (χ0v) is 16.9. The van der Waals surface area contributed by atoms with Gasteiger partial charge in [0.2, 0.25) is 0 Å². The number of rotatable bonds is 4. The Morgan fingerprint density at radius 2 is 1.79 bits per heavy atom. The van der Waals surface area contributed by atoms with E-state index in [1.807, 2.05) is 72.1 Å². The molecule has 4 aromatic rings. The van der Waals surface area contributed by atoms with Crippen molar-refractivity contribution in [3.8, 4) is 21.9 Å². The number of para-hydroxylation sites is 1. The summed E-state index contributed by atoms with van der Waals surface area (Å²) in [7, 11) is 0. The summed E-state index contributed by atoms with van der Waals surface area (Å²) in [4.78, 5) is 14.9. The van der Waals surface area contributed by atoms with Crippen molar-refractivity contribution in [2.24, 2.45) is 0 Å². The second-order valence-electron chi connectivity index (χ2n) is 6.62. The van der Waals surface area contributed by atoms with E-state index in [1.165, 1.54) is 22.7 Å². The Kier molecular flexibility index (Phi) is 4.64. The van der Waals surface area contributed by atoms with E-state index in [9.17, 15) is 9.90 Å². The lowest BCUT2D eigenvalue weighted by molar-refractivity contribution is 0.105. The zero-order valence-electron chi connectivity index (χ0n) is 15.2. The number of ether oxygens (including phenoxy) is 1. The smallest absolute Gasteiger partial charge is 0.195 e. The summed E-state index contributed by atoms with van der Waals surface area (Å²) < 4.78 is 6.19. The lowest BCUT2D eigenvalue weighted by atomic mass is 9.95. The van der Waals surface area contributed by atoms with Crippen LogP contribution < -0.4 is 4.74 Å². The largest absolute Gasteiger partial charge is 0.455 e. The van der Waals surface area contributed by atoms with E-state index in [-0.39, 0.29) is 5.78 Å². The van der Waals surface area contributed by atoms with Crippen LogP contribution in [0.15, 0.2) is 78.2 Å².